The fourth-order valence-electron chi connectivity index (χ4n) is 2.32. The highest BCUT2D eigenvalue weighted by molar-refractivity contribution is 5.85. The molecular weight excluding hydrogens is 271 g/mol. The summed E-state index contributed by atoms with van der Waals surface area (Å²) >= 11 is 0. The van der Waals surface area contributed by atoms with Crippen LogP contribution in [-0.2, 0) is 7.05 Å². The largest absolute Gasteiger partial charge is 0.353 e. The van der Waals surface area contributed by atoms with Crippen LogP contribution in [-0.4, -0.2) is 35.6 Å². The molecule has 0 amide bonds. The Hall–Kier alpha value is -0.730. The molecule has 0 radical (unpaired) electrons. The van der Waals surface area contributed by atoms with Gasteiger partial charge >= 0.3 is 0 Å². The van der Waals surface area contributed by atoms with Gasteiger partial charge in [0.2, 0.25) is 0 Å². The third-order valence-electron chi connectivity index (χ3n) is 3.20. The van der Waals surface area contributed by atoms with Crippen molar-refractivity contribution < 1.29 is 0 Å². The minimum atomic E-state index is 0. The van der Waals surface area contributed by atoms with E-state index in [-0.39, 0.29) is 30.9 Å². The summed E-state index contributed by atoms with van der Waals surface area (Å²) in [5, 5.41) is 12.3. The molecule has 2 heterocycles. The molecule has 0 aliphatic carbocycles. The Labute approximate surface area is 121 Å². The lowest BCUT2D eigenvalue weighted by Gasteiger charge is -2.34. The molecule has 102 valence electrons. The molecule has 0 aromatic carbocycles. The molecule has 2 rings (SSSR count). The van der Waals surface area contributed by atoms with Crippen molar-refractivity contribution in [1.82, 2.24) is 14.8 Å². The molecule has 1 aliphatic heterocycles. The molecule has 1 atom stereocenters. The predicted molar refractivity (Wildman–Crippen MR) is 77.3 cm³/mol. The highest BCUT2D eigenvalue weighted by Gasteiger charge is 2.23. The van der Waals surface area contributed by atoms with Crippen LogP contribution in [0.25, 0.3) is 0 Å². The Bertz CT molecular complexity index is 380. The van der Waals surface area contributed by atoms with Crippen LogP contribution in [0, 0.1) is 11.3 Å². The summed E-state index contributed by atoms with van der Waals surface area (Å²) in [6, 6.07) is 6.71. The standard InChI is InChI=1S/C12H18N4.2ClH/c1-15-8-2-3-11(15)12(4-5-13)16-9-6-14-7-10-16;;/h2-3,8,12,14H,4,6-7,9-10H2,1H3;2*1H/t12-;;/m1../s1. The first-order chi connectivity index (χ1) is 7.83. The van der Waals surface area contributed by atoms with E-state index in [1.807, 2.05) is 19.3 Å². The highest BCUT2D eigenvalue weighted by Crippen LogP contribution is 2.24. The highest BCUT2D eigenvalue weighted by atomic mass is 35.5. The second kappa shape index (κ2) is 8.39. The maximum absolute atomic E-state index is 8.96. The van der Waals surface area contributed by atoms with Gasteiger partial charge in [0.1, 0.15) is 0 Å². The third kappa shape index (κ3) is 3.89. The van der Waals surface area contributed by atoms with Gasteiger partial charge < -0.3 is 9.88 Å². The SMILES string of the molecule is Cl.Cl.Cn1cccc1[C@@H](CC#N)N1CCNCC1. The molecule has 18 heavy (non-hydrogen) atoms. The summed E-state index contributed by atoms with van der Waals surface area (Å²) < 4.78 is 2.12. The topological polar surface area (TPSA) is 44.0 Å². The number of aromatic nitrogens is 1. The van der Waals surface area contributed by atoms with Crippen molar-refractivity contribution in [1.29, 1.82) is 5.26 Å². The molecule has 0 saturated carbocycles. The summed E-state index contributed by atoms with van der Waals surface area (Å²) in [4.78, 5) is 2.40. The van der Waals surface area contributed by atoms with Gasteiger partial charge in [0.15, 0.2) is 0 Å². The van der Waals surface area contributed by atoms with Crippen molar-refractivity contribution in [3.63, 3.8) is 0 Å². The summed E-state index contributed by atoms with van der Waals surface area (Å²) in [6.45, 7) is 4.09. The molecule has 6 heteroatoms. The maximum Gasteiger partial charge on any atom is 0.0642 e. The monoisotopic (exact) mass is 290 g/mol. The zero-order chi connectivity index (χ0) is 11.4. The Morgan fingerprint density at radius 1 is 1.39 bits per heavy atom. The molecule has 1 aromatic rings. The first kappa shape index (κ1) is 17.3. The molecule has 1 saturated heterocycles. The number of nitriles is 1. The first-order valence-electron chi connectivity index (χ1n) is 5.76. The van der Waals surface area contributed by atoms with E-state index in [2.05, 4.69) is 26.9 Å². The Kier molecular flexibility index (Phi) is 8.05. The number of piperazine rings is 1. The Balaban J connectivity index is 0.00000144. The van der Waals surface area contributed by atoms with Gasteiger partial charge in [0.25, 0.3) is 0 Å². The summed E-state index contributed by atoms with van der Waals surface area (Å²) in [7, 11) is 2.04. The number of hydrogen-bond acceptors (Lipinski definition) is 3. The van der Waals surface area contributed by atoms with E-state index >= 15 is 0 Å². The maximum atomic E-state index is 8.96. The van der Waals surface area contributed by atoms with Crippen molar-refractivity contribution in [3.05, 3.63) is 24.0 Å². The minimum Gasteiger partial charge on any atom is -0.353 e. The van der Waals surface area contributed by atoms with Gasteiger partial charge in [-0.3, -0.25) is 4.90 Å². The van der Waals surface area contributed by atoms with Crippen LogP contribution in [0.15, 0.2) is 18.3 Å². The van der Waals surface area contributed by atoms with Crippen LogP contribution in [0.2, 0.25) is 0 Å². The van der Waals surface area contributed by atoms with E-state index in [9.17, 15) is 0 Å². The first-order valence-corrected chi connectivity index (χ1v) is 5.76. The quantitative estimate of drug-likeness (QED) is 0.922. The van der Waals surface area contributed by atoms with Crippen LogP contribution in [0.4, 0.5) is 0 Å². The zero-order valence-corrected chi connectivity index (χ0v) is 12.1. The average molecular weight is 291 g/mol. The molecule has 1 aliphatic rings. The minimum absolute atomic E-state index is 0. The molecule has 0 bridgehead atoms. The molecule has 1 N–H and O–H groups in total. The molecule has 4 nitrogen and oxygen atoms in total. The van der Waals surface area contributed by atoms with Crippen molar-refractivity contribution in [2.45, 2.75) is 12.5 Å². The molecule has 1 aromatic heterocycles. The molecular formula is C12H20Cl2N4. The van der Waals surface area contributed by atoms with Crippen LogP contribution in [0.5, 0.6) is 0 Å². The van der Waals surface area contributed by atoms with Gasteiger partial charge in [0, 0.05) is 45.1 Å². The van der Waals surface area contributed by atoms with E-state index in [0.717, 1.165) is 26.2 Å². The second-order valence-corrected chi connectivity index (χ2v) is 4.21. The fourth-order valence-corrected chi connectivity index (χ4v) is 2.32. The molecule has 1 fully saturated rings. The smallest absolute Gasteiger partial charge is 0.0642 e. The van der Waals surface area contributed by atoms with E-state index in [1.54, 1.807) is 0 Å². The van der Waals surface area contributed by atoms with E-state index in [4.69, 9.17) is 5.26 Å². The lowest BCUT2D eigenvalue weighted by atomic mass is 10.1. The Morgan fingerprint density at radius 3 is 2.56 bits per heavy atom. The fraction of sp³-hybridized carbons (Fsp3) is 0.583. The number of rotatable bonds is 3. The van der Waals surface area contributed by atoms with Crippen LogP contribution < -0.4 is 5.32 Å². The lowest BCUT2D eigenvalue weighted by molar-refractivity contribution is 0.170. The number of aryl methyl sites for hydroxylation is 1. The summed E-state index contributed by atoms with van der Waals surface area (Å²) in [6.07, 6.45) is 2.61. The van der Waals surface area contributed by atoms with Gasteiger partial charge in [-0.1, -0.05) is 0 Å². The van der Waals surface area contributed by atoms with E-state index in [0.29, 0.717) is 6.42 Å². The summed E-state index contributed by atoms with van der Waals surface area (Å²) in [5.41, 5.74) is 1.24. The van der Waals surface area contributed by atoms with Gasteiger partial charge in [0.05, 0.1) is 18.5 Å². The lowest BCUT2D eigenvalue weighted by Crippen LogP contribution is -2.45. The molecule has 0 unspecified atom stereocenters. The Morgan fingerprint density at radius 2 is 2.06 bits per heavy atom. The zero-order valence-electron chi connectivity index (χ0n) is 10.5. The van der Waals surface area contributed by atoms with Crippen LogP contribution >= 0.6 is 24.8 Å². The third-order valence-corrected chi connectivity index (χ3v) is 3.20. The van der Waals surface area contributed by atoms with E-state index < -0.39 is 0 Å². The average Bonchev–Trinajstić information content (AvgIpc) is 2.73. The number of hydrogen-bond donors (Lipinski definition) is 1. The predicted octanol–water partition coefficient (Wildman–Crippen LogP) is 1.73. The van der Waals surface area contributed by atoms with Gasteiger partial charge in [-0.2, -0.15) is 5.26 Å². The van der Waals surface area contributed by atoms with Crippen molar-refractivity contribution in [3.8, 4) is 6.07 Å². The normalized spacial score (nSPS) is 17.1. The van der Waals surface area contributed by atoms with Gasteiger partial charge in [-0.25, -0.2) is 0 Å². The number of nitrogens with one attached hydrogen (secondary N) is 1. The number of halogens is 2. The van der Waals surface area contributed by atoms with Crippen molar-refractivity contribution >= 4 is 24.8 Å². The summed E-state index contributed by atoms with van der Waals surface area (Å²) in [5.74, 6) is 0. The van der Waals surface area contributed by atoms with Gasteiger partial charge in [-0.05, 0) is 12.1 Å². The van der Waals surface area contributed by atoms with Crippen LogP contribution in [0.3, 0.4) is 0 Å². The number of nitrogens with zero attached hydrogens (tertiary/aromatic N) is 3. The van der Waals surface area contributed by atoms with Crippen molar-refractivity contribution in [2.75, 3.05) is 26.2 Å². The van der Waals surface area contributed by atoms with Crippen LogP contribution in [0.1, 0.15) is 18.2 Å². The second-order valence-electron chi connectivity index (χ2n) is 4.21. The van der Waals surface area contributed by atoms with Gasteiger partial charge in [-0.15, -0.1) is 24.8 Å². The van der Waals surface area contributed by atoms with E-state index in [1.165, 1.54) is 5.69 Å². The van der Waals surface area contributed by atoms with Crippen molar-refractivity contribution in [2.24, 2.45) is 7.05 Å². The molecule has 0 spiro atoms.